The highest BCUT2D eigenvalue weighted by Crippen LogP contribution is 2.50. The lowest BCUT2D eigenvalue weighted by atomic mass is 9.62. The number of piperidine rings is 1. The number of carbonyl (C=O) groups excluding carboxylic acids is 1. The Kier molecular flexibility index (Phi) is 6.71. The molecule has 196 valence electrons. The molecule has 1 atom stereocenters. The van der Waals surface area contributed by atoms with Gasteiger partial charge in [-0.1, -0.05) is 62.3 Å². The van der Waals surface area contributed by atoms with Crippen molar-refractivity contribution in [3.8, 4) is 11.5 Å². The van der Waals surface area contributed by atoms with Gasteiger partial charge in [0.25, 0.3) is 5.89 Å². The molecule has 0 spiro atoms. The molecule has 0 bridgehead atoms. The Bertz CT molecular complexity index is 1250. The number of hydrogen-bond donors (Lipinski definition) is 1. The Hall–Kier alpha value is -3.03. The van der Waals surface area contributed by atoms with Crippen LogP contribution in [0.2, 0.25) is 0 Å². The summed E-state index contributed by atoms with van der Waals surface area (Å²) in [4.78, 5) is 20.5. The van der Waals surface area contributed by atoms with Crippen LogP contribution in [0, 0.1) is 5.41 Å². The van der Waals surface area contributed by atoms with E-state index in [1.807, 2.05) is 29.2 Å². The van der Waals surface area contributed by atoms with Gasteiger partial charge in [0.15, 0.2) is 5.82 Å². The Labute approximate surface area is 219 Å². The Balaban J connectivity index is 1.46. The second kappa shape index (κ2) is 9.69. The van der Waals surface area contributed by atoms with Crippen LogP contribution in [0.3, 0.4) is 0 Å². The molecule has 7 nitrogen and oxygen atoms in total. The largest absolute Gasteiger partial charge is 0.380 e. The first kappa shape index (κ1) is 25.6. The average molecular weight is 503 g/mol. The molecule has 1 N–H and O–H groups in total. The van der Waals surface area contributed by atoms with Crippen molar-refractivity contribution in [1.29, 1.82) is 0 Å². The summed E-state index contributed by atoms with van der Waals surface area (Å²) in [6, 6.07) is 16.3. The summed E-state index contributed by atoms with van der Waals surface area (Å²) in [5.41, 5.74) is 2.26. The second-order valence-electron chi connectivity index (χ2n) is 11.5. The summed E-state index contributed by atoms with van der Waals surface area (Å²) < 4.78 is 5.71. The van der Waals surface area contributed by atoms with Crippen LogP contribution in [0.5, 0.6) is 0 Å². The van der Waals surface area contributed by atoms with Crippen molar-refractivity contribution in [3.63, 3.8) is 0 Å². The Morgan fingerprint density at radius 2 is 1.78 bits per heavy atom. The maximum absolute atomic E-state index is 12.5. The maximum Gasteiger partial charge on any atom is 0.257 e. The van der Waals surface area contributed by atoms with E-state index in [1.165, 1.54) is 5.56 Å². The van der Waals surface area contributed by atoms with E-state index in [-0.39, 0.29) is 17.2 Å². The van der Waals surface area contributed by atoms with Crippen molar-refractivity contribution in [2.24, 2.45) is 5.41 Å². The van der Waals surface area contributed by atoms with Crippen molar-refractivity contribution >= 4 is 5.91 Å². The molecule has 1 aromatic heterocycles. The van der Waals surface area contributed by atoms with Gasteiger partial charge in [0, 0.05) is 50.0 Å². The fourth-order valence-corrected chi connectivity index (χ4v) is 6.19. The lowest BCUT2D eigenvalue weighted by Crippen LogP contribution is -2.63. The van der Waals surface area contributed by atoms with E-state index < -0.39 is 5.60 Å². The van der Waals surface area contributed by atoms with E-state index in [0.717, 1.165) is 55.7 Å². The minimum Gasteiger partial charge on any atom is -0.380 e. The van der Waals surface area contributed by atoms with Crippen LogP contribution in [-0.2, 0) is 10.4 Å². The van der Waals surface area contributed by atoms with Crippen LogP contribution >= 0.6 is 0 Å². The van der Waals surface area contributed by atoms with E-state index in [4.69, 9.17) is 9.51 Å². The SMILES string of the molecule is CC(=O)N1CCC(c2noc(-c3cccc([C@@](O)(c4ccc(C(C)C)cc4)C4(C)CN(C)C4)c3)n2)CC1. The third-order valence-corrected chi connectivity index (χ3v) is 8.38. The molecular weight excluding hydrogens is 464 g/mol. The number of aliphatic hydroxyl groups is 1. The zero-order valence-electron chi connectivity index (χ0n) is 22.6. The Morgan fingerprint density at radius 3 is 2.38 bits per heavy atom. The molecule has 3 heterocycles. The number of nitrogens with zero attached hydrogens (tertiary/aromatic N) is 4. The van der Waals surface area contributed by atoms with Crippen LogP contribution in [0.1, 0.15) is 74.9 Å². The molecule has 5 rings (SSSR count). The molecule has 2 aliphatic rings. The van der Waals surface area contributed by atoms with Crippen LogP contribution in [0.15, 0.2) is 53.1 Å². The van der Waals surface area contributed by atoms with Gasteiger partial charge in [-0.25, -0.2) is 0 Å². The monoisotopic (exact) mass is 502 g/mol. The van der Waals surface area contributed by atoms with Crippen LogP contribution in [0.4, 0.5) is 0 Å². The molecule has 37 heavy (non-hydrogen) atoms. The number of hydrogen-bond acceptors (Lipinski definition) is 6. The van der Waals surface area contributed by atoms with E-state index in [2.05, 4.69) is 62.1 Å². The highest BCUT2D eigenvalue weighted by atomic mass is 16.5. The number of benzene rings is 2. The first-order valence-electron chi connectivity index (χ1n) is 13.3. The van der Waals surface area contributed by atoms with E-state index >= 15 is 0 Å². The van der Waals surface area contributed by atoms with Gasteiger partial charge >= 0.3 is 0 Å². The number of likely N-dealkylation sites (tertiary alicyclic amines) is 2. The summed E-state index contributed by atoms with van der Waals surface area (Å²) in [6.07, 6.45) is 1.66. The number of carbonyl (C=O) groups is 1. The molecule has 2 aromatic carbocycles. The molecule has 0 aliphatic carbocycles. The molecule has 0 saturated carbocycles. The minimum absolute atomic E-state index is 0.113. The predicted molar refractivity (Wildman–Crippen MR) is 143 cm³/mol. The lowest BCUT2D eigenvalue weighted by Gasteiger charge is -2.56. The zero-order chi connectivity index (χ0) is 26.4. The maximum atomic E-state index is 12.5. The van der Waals surface area contributed by atoms with Gasteiger partial charge in [0.2, 0.25) is 5.91 Å². The summed E-state index contributed by atoms with van der Waals surface area (Å²) in [5.74, 6) is 1.87. The van der Waals surface area contributed by atoms with Gasteiger partial charge in [0.1, 0.15) is 5.60 Å². The molecular formula is C30H38N4O3. The number of rotatable bonds is 6. The Morgan fingerprint density at radius 1 is 1.11 bits per heavy atom. The van der Waals surface area contributed by atoms with Crippen LogP contribution in [0.25, 0.3) is 11.5 Å². The highest BCUT2D eigenvalue weighted by molar-refractivity contribution is 5.73. The average Bonchev–Trinajstić information content (AvgIpc) is 3.38. The van der Waals surface area contributed by atoms with Gasteiger partial charge in [-0.2, -0.15) is 4.98 Å². The van der Waals surface area contributed by atoms with E-state index in [9.17, 15) is 9.90 Å². The van der Waals surface area contributed by atoms with Crippen molar-refractivity contribution in [1.82, 2.24) is 19.9 Å². The highest BCUT2D eigenvalue weighted by Gasteiger charge is 2.55. The van der Waals surface area contributed by atoms with Gasteiger partial charge in [-0.15, -0.1) is 0 Å². The molecule has 7 heteroatoms. The van der Waals surface area contributed by atoms with Gasteiger partial charge < -0.3 is 19.4 Å². The molecule has 0 radical (unpaired) electrons. The third-order valence-electron chi connectivity index (χ3n) is 8.38. The first-order valence-corrected chi connectivity index (χ1v) is 13.3. The summed E-state index contributed by atoms with van der Waals surface area (Å²) >= 11 is 0. The van der Waals surface area contributed by atoms with Crippen molar-refractivity contribution < 1.29 is 14.4 Å². The normalized spacial score (nSPS) is 20.0. The van der Waals surface area contributed by atoms with Gasteiger partial charge in [-0.3, -0.25) is 4.79 Å². The van der Waals surface area contributed by atoms with Crippen molar-refractivity contribution in [2.45, 2.75) is 58.0 Å². The number of aromatic nitrogens is 2. The minimum atomic E-state index is -1.17. The predicted octanol–water partition coefficient (Wildman–Crippen LogP) is 4.77. The third kappa shape index (κ3) is 4.59. The summed E-state index contributed by atoms with van der Waals surface area (Å²) in [5, 5.41) is 16.8. The number of amides is 1. The smallest absolute Gasteiger partial charge is 0.257 e. The van der Waals surface area contributed by atoms with Crippen molar-refractivity contribution in [3.05, 3.63) is 71.0 Å². The standard InChI is InChI=1S/C30H38N4O3/c1-20(2)22-9-11-25(12-10-22)30(36,29(4)18-33(5)19-29)26-8-6-7-24(17-26)28-31-27(32-37-28)23-13-15-34(16-14-23)21(3)35/h6-12,17,20,23,36H,13-16,18-19H2,1-5H3/t30-/m0/s1. The first-order chi connectivity index (χ1) is 17.6. The topological polar surface area (TPSA) is 82.7 Å². The van der Waals surface area contributed by atoms with E-state index in [0.29, 0.717) is 17.6 Å². The van der Waals surface area contributed by atoms with Crippen LogP contribution < -0.4 is 0 Å². The van der Waals surface area contributed by atoms with Gasteiger partial charge in [0.05, 0.1) is 0 Å². The second-order valence-corrected chi connectivity index (χ2v) is 11.5. The van der Waals surface area contributed by atoms with Crippen molar-refractivity contribution in [2.75, 3.05) is 33.2 Å². The fourth-order valence-electron chi connectivity index (χ4n) is 6.19. The molecule has 1 amide bonds. The fraction of sp³-hybridized carbons (Fsp3) is 0.500. The molecule has 2 aliphatic heterocycles. The summed E-state index contributed by atoms with van der Waals surface area (Å²) in [6.45, 7) is 11.2. The molecule has 2 fully saturated rings. The molecule has 2 saturated heterocycles. The summed E-state index contributed by atoms with van der Waals surface area (Å²) in [7, 11) is 2.08. The molecule has 3 aromatic rings. The quantitative estimate of drug-likeness (QED) is 0.523. The molecule has 0 unspecified atom stereocenters. The zero-order valence-corrected chi connectivity index (χ0v) is 22.6. The van der Waals surface area contributed by atoms with Crippen LogP contribution in [-0.4, -0.2) is 64.2 Å². The van der Waals surface area contributed by atoms with E-state index in [1.54, 1.807) is 6.92 Å². The lowest BCUT2D eigenvalue weighted by molar-refractivity contribution is -0.129. The van der Waals surface area contributed by atoms with Gasteiger partial charge in [-0.05, 0) is 54.6 Å².